The molecule has 7 heteroatoms. The number of amides is 1. The fourth-order valence-electron chi connectivity index (χ4n) is 2.84. The maximum absolute atomic E-state index is 12.1. The second-order valence-electron chi connectivity index (χ2n) is 5.91. The molecule has 0 aliphatic heterocycles. The van der Waals surface area contributed by atoms with Crippen LogP contribution >= 0.6 is 27.5 Å². The van der Waals surface area contributed by atoms with Crippen molar-refractivity contribution in [1.82, 2.24) is 15.5 Å². The Kier molecular flexibility index (Phi) is 5.79. The van der Waals surface area contributed by atoms with Crippen LogP contribution in [0.25, 0.3) is 0 Å². The van der Waals surface area contributed by atoms with Gasteiger partial charge in [0.2, 0.25) is 5.91 Å². The molecule has 1 unspecified atom stereocenters. The van der Waals surface area contributed by atoms with E-state index in [4.69, 9.17) is 16.3 Å². The van der Waals surface area contributed by atoms with Crippen molar-refractivity contribution >= 4 is 33.4 Å². The van der Waals surface area contributed by atoms with Gasteiger partial charge < -0.3 is 10.1 Å². The van der Waals surface area contributed by atoms with E-state index in [1.807, 2.05) is 18.3 Å². The number of aryl methyl sites for hydroxylation is 1. The maximum atomic E-state index is 12.1. The highest BCUT2D eigenvalue weighted by Gasteiger charge is 2.21. The van der Waals surface area contributed by atoms with Crippen LogP contribution in [0.15, 0.2) is 28.9 Å². The first kappa shape index (κ1) is 17.3. The molecule has 0 bridgehead atoms. The summed E-state index contributed by atoms with van der Waals surface area (Å²) in [6, 6.07) is 5.67. The van der Waals surface area contributed by atoms with E-state index in [0.717, 1.165) is 29.4 Å². The van der Waals surface area contributed by atoms with Crippen molar-refractivity contribution in [2.45, 2.75) is 38.1 Å². The molecule has 1 aliphatic rings. The third-order valence-electron chi connectivity index (χ3n) is 4.08. The maximum Gasteiger partial charge on any atom is 0.220 e. The van der Waals surface area contributed by atoms with E-state index in [-0.39, 0.29) is 11.9 Å². The molecule has 3 rings (SSSR count). The lowest BCUT2D eigenvalue weighted by Crippen LogP contribution is -2.38. The van der Waals surface area contributed by atoms with Gasteiger partial charge in [0.25, 0.3) is 0 Å². The molecule has 1 aromatic carbocycles. The molecule has 24 heavy (non-hydrogen) atoms. The Bertz CT molecular complexity index is 720. The molecule has 0 spiro atoms. The zero-order valence-electron chi connectivity index (χ0n) is 13.1. The number of fused-ring (bicyclic) bond motifs is 1. The molecular formula is C17H19BrClN3O2. The van der Waals surface area contributed by atoms with Gasteiger partial charge in [0, 0.05) is 29.1 Å². The van der Waals surface area contributed by atoms with Crippen LogP contribution in [0.5, 0.6) is 5.75 Å². The number of nitrogens with one attached hydrogen (secondary N) is 2. The van der Waals surface area contributed by atoms with Crippen molar-refractivity contribution in [2.75, 3.05) is 6.61 Å². The third kappa shape index (κ3) is 4.51. The second-order valence-corrected chi connectivity index (χ2v) is 7.23. The molecule has 0 radical (unpaired) electrons. The highest BCUT2D eigenvalue weighted by atomic mass is 79.9. The number of hydrogen-bond acceptors (Lipinski definition) is 3. The van der Waals surface area contributed by atoms with E-state index in [2.05, 4.69) is 31.4 Å². The number of carbonyl (C=O) groups is 1. The minimum absolute atomic E-state index is 0.0634. The normalized spacial score (nSPS) is 16.5. The second kappa shape index (κ2) is 8.03. The molecule has 5 nitrogen and oxygen atoms in total. The van der Waals surface area contributed by atoms with Crippen LogP contribution in [-0.4, -0.2) is 28.8 Å². The van der Waals surface area contributed by atoms with Crippen molar-refractivity contribution < 1.29 is 9.53 Å². The summed E-state index contributed by atoms with van der Waals surface area (Å²) < 4.78 is 6.53. The predicted molar refractivity (Wildman–Crippen MR) is 96.4 cm³/mol. The fraction of sp³-hybridized carbons (Fsp3) is 0.412. The van der Waals surface area contributed by atoms with Crippen LogP contribution in [-0.2, 0) is 17.6 Å². The van der Waals surface area contributed by atoms with Crippen molar-refractivity contribution in [3.05, 3.63) is 45.1 Å². The summed E-state index contributed by atoms with van der Waals surface area (Å²) in [6.07, 6.45) is 5.72. The number of H-pyrrole nitrogens is 1. The van der Waals surface area contributed by atoms with Crippen LogP contribution in [0.4, 0.5) is 0 Å². The topological polar surface area (TPSA) is 67.0 Å². The minimum atomic E-state index is 0.0634. The van der Waals surface area contributed by atoms with Crippen LogP contribution in [0.2, 0.25) is 5.02 Å². The van der Waals surface area contributed by atoms with Gasteiger partial charge in [-0.2, -0.15) is 5.10 Å². The highest BCUT2D eigenvalue weighted by molar-refractivity contribution is 9.10. The van der Waals surface area contributed by atoms with Gasteiger partial charge in [-0.25, -0.2) is 0 Å². The standard InChI is InChI=1S/C17H19BrClN3O2/c18-12-4-6-16(14(19)8-12)24-7-1-2-17(23)21-13-5-3-11-10-20-22-15(11)9-13/h4,6,8,10,13H,1-3,5,7,9H2,(H,20,22)(H,21,23). The average Bonchev–Trinajstić information content (AvgIpc) is 3.01. The molecule has 0 saturated carbocycles. The van der Waals surface area contributed by atoms with E-state index >= 15 is 0 Å². The molecule has 0 saturated heterocycles. The lowest BCUT2D eigenvalue weighted by Gasteiger charge is -2.22. The Morgan fingerprint density at radius 2 is 2.38 bits per heavy atom. The van der Waals surface area contributed by atoms with Crippen LogP contribution in [0.3, 0.4) is 0 Å². The fourth-order valence-corrected chi connectivity index (χ4v) is 3.57. The van der Waals surface area contributed by atoms with Gasteiger partial charge in [0.05, 0.1) is 17.8 Å². The van der Waals surface area contributed by atoms with Crippen molar-refractivity contribution in [2.24, 2.45) is 0 Å². The number of benzene rings is 1. The van der Waals surface area contributed by atoms with Gasteiger partial charge in [-0.15, -0.1) is 0 Å². The summed E-state index contributed by atoms with van der Waals surface area (Å²) >= 11 is 9.44. The molecule has 1 aliphatic carbocycles. The lowest BCUT2D eigenvalue weighted by atomic mass is 9.93. The third-order valence-corrected chi connectivity index (χ3v) is 4.87. The lowest BCUT2D eigenvalue weighted by molar-refractivity contribution is -0.122. The zero-order valence-corrected chi connectivity index (χ0v) is 15.5. The van der Waals surface area contributed by atoms with Gasteiger partial charge in [-0.3, -0.25) is 9.89 Å². The van der Waals surface area contributed by atoms with E-state index in [0.29, 0.717) is 30.2 Å². The largest absolute Gasteiger partial charge is 0.492 e. The summed E-state index contributed by atoms with van der Waals surface area (Å²) in [6.45, 7) is 0.462. The SMILES string of the molecule is O=C(CCCOc1ccc(Br)cc1Cl)NC1CCc2cn[nH]c2C1. The van der Waals surface area contributed by atoms with Gasteiger partial charge in [-0.1, -0.05) is 27.5 Å². The number of rotatable bonds is 6. The summed E-state index contributed by atoms with van der Waals surface area (Å²) in [4.78, 5) is 12.1. The van der Waals surface area contributed by atoms with Gasteiger partial charge in [-0.05, 0) is 43.0 Å². The predicted octanol–water partition coefficient (Wildman–Crippen LogP) is 3.66. The number of ether oxygens (including phenoxy) is 1. The first-order chi connectivity index (χ1) is 11.6. The van der Waals surface area contributed by atoms with Crippen molar-refractivity contribution in [3.63, 3.8) is 0 Å². The number of carbonyl (C=O) groups excluding carboxylic acids is 1. The molecular weight excluding hydrogens is 394 g/mol. The highest BCUT2D eigenvalue weighted by Crippen LogP contribution is 2.27. The summed E-state index contributed by atoms with van der Waals surface area (Å²) in [5.74, 6) is 0.702. The van der Waals surface area contributed by atoms with Gasteiger partial charge >= 0.3 is 0 Å². The molecule has 2 N–H and O–H groups in total. The van der Waals surface area contributed by atoms with Gasteiger partial charge in [0.15, 0.2) is 0 Å². The monoisotopic (exact) mass is 411 g/mol. The number of halogens is 2. The van der Waals surface area contributed by atoms with Crippen LogP contribution in [0.1, 0.15) is 30.5 Å². The molecule has 1 heterocycles. The molecule has 0 fully saturated rings. The number of hydrogen-bond donors (Lipinski definition) is 2. The summed E-state index contributed by atoms with van der Waals surface area (Å²) in [7, 11) is 0. The molecule has 1 aromatic heterocycles. The Morgan fingerprint density at radius 1 is 1.50 bits per heavy atom. The van der Waals surface area contributed by atoms with Crippen LogP contribution < -0.4 is 10.1 Å². The minimum Gasteiger partial charge on any atom is -0.492 e. The Labute approximate surface area is 154 Å². The zero-order chi connectivity index (χ0) is 16.9. The molecule has 1 amide bonds. The Balaban J connectivity index is 1.37. The van der Waals surface area contributed by atoms with E-state index < -0.39 is 0 Å². The summed E-state index contributed by atoms with van der Waals surface area (Å²) in [5, 5.41) is 10.7. The number of nitrogens with zero attached hydrogens (tertiary/aromatic N) is 1. The Hall–Kier alpha value is -1.53. The van der Waals surface area contributed by atoms with Crippen molar-refractivity contribution in [3.8, 4) is 5.75 Å². The Morgan fingerprint density at radius 3 is 3.21 bits per heavy atom. The molecule has 1 atom stereocenters. The first-order valence-corrected chi connectivity index (χ1v) is 9.17. The molecule has 128 valence electrons. The van der Waals surface area contributed by atoms with E-state index in [1.165, 1.54) is 5.56 Å². The van der Waals surface area contributed by atoms with Crippen LogP contribution in [0, 0.1) is 0 Å². The summed E-state index contributed by atoms with van der Waals surface area (Å²) in [5.41, 5.74) is 2.40. The molecule has 2 aromatic rings. The average molecular weight is 413 g/mol. The smallest absolute Gasteiger partial charge is 0.220 e. The number of aromatic amines is 1. The van der Waals surface area contributed by atoms with Crippen molar-refractivity contribution in [1.29, 1.82) is 0 Å². The number of aromatic nitrogens is 2. The quantitative estimate of drug-likeness (QED) is 0.712. The van der Waals surface area contributed by atoms with E-state index in [1.54, 1.807) is 6.07 Å². The van der Waals surface area contributed by atoms with Gasteiger partial charge in [0.1, 0.15) is 5.75 Å². The first-order valence-electron chi connectivity index (χ1n) is 8.00. The van der Waals surface area contributed by atoms with E-state index in [9.17, 15) is 4.79 Å².